The molecule has 12 heavy (non-hydrogen) atoms. The van der Waals surface area contributed by atoms with Crippen LogP contribution >= 0.6 is 0 Å². The summed E-state index contributed by atoms with van der Waals surface area (Å²) >= 11 is 0. The quantitative estimate of drug-likeness (QED) is 0.597. The minimum Gasteiger partial charge on any atom is -0.314 e. The normalized spacial score (nSPS) is 29.1. The van der Waals surface area contributed by atoms with Crippen molar-refractivity contribution in [3.8, 4) is 0 Å². The molecule has 1 aliphatic heterocycles. The first-order valence-corrected chi connectivity index (χ1v) is 3.89. The van der Waals surface area contributed by atoms with Gasteiger partial charge in [0.25, 0.3) is 0 Å². The first kappa shape index (κ1) is 7.73. The Hall–Kier alpha value is -0.900. The van der Waals surface area contributed by atoms with Crippen LogP contribution in [0.25, 0.3) is 0 Å². The Kier molecular flexibility index (Phi) is 2.08. The van der Waals surface area contributed by atoms with Gasteiger partial charge in [-0.3, -0.25) is 0 Å². The highest BCUT2D eigenvalue weighted by Crippen LogP contribution is 2.26. The molecule has 0 amide bonds. The summed E-state index contributed by atoms with van der Waals surface area (Å²) in [6, 6.07) is 9.69. The molecule has 1 saturated heterocycles. The van der Waals surface area contributed by atoms with Crippen molar-refractivity contribution in [2.24, 2.45) is 0 Å². The second kappa shape index (κ2) is 3.23. The summed E-state index contributed by atoms with van der Waals surface area (Å²) in [5, 5.41) is 0. The molecule has 0 radical (unpaired) electrons. The van der Waals surface area contributed by atoms with Crippen LogP contribution in [0.1, 0.15) is 18.8 Å². The van der Waals surface area contributed by atoms with E-state index in [2.05, 4.69) is 0 Å². The standard InChI is InChI=1S/C9H10O3/c1-7-10-9(12-11-7)8-5-3-2-4-6-8/h2-7,9H,1H3/t7-,9+/m0/s1. The van der Waals surface area contributed by atoms with Crippen molar-refractivity contribution in [1.29, 1.82) is 0 Å². The van der Waals surface area contributed by atoms with Crippen LogP contribution in [0, 0.1) is 0 Å². The van der Waals surface area contributed by atoms with Gasteiger partial charge in [0.05, 0.1) is 0 Å². The van der Waals surface area contributed by atoms with Crippen molar-refractivity contribution in [1.82, 2.24) is 0 Å². The molecule has 3 heteroatoms. The van der Waals surface area contributed by atoms with Crippen molar-refractivity contribution < 1.29 is 14.5 Å². The molecule has 1 aliphatic rings. The van der Waals surface area contributed by atoms with Crippen LogP contribution < -0.4 is 0 Å². The zero-order valence-corrected chi connectivity index (χ0v) is 6.77. The first-order valence-electron chi connectivity index (χ1n) is 3.89. The van der Waals surface area contributed by atoms with Crippen molar-refractivity contribution in [2.75, 3.05) is 0 Å². The SMILES string of the molecule is C[C@@H]1OO[C@H](c2ccccc2)O1. The minimum absolute atomic E-state index is 0.282. The van der Waals surface area contributed by atoms with Gasteiger partial charge in [-0.2, -0.15) is 4.89 Å². The summed E-state index contributed by atoms with van der Waals surface area (Å²) < 4.78 is 5.30. The lowest BCUT2D eigenvalue weighted by Gasteiger charge is -2.05. The lowest BCUT2D eigenvalue weighted by molar-refractivity contribution is -0.295. The molecule has 1 heterocycles. The van der Waals surface area contributed by atoms with Gasteiger partial charge in [-0.05, 0) is 6.92 Å². The van der Waals surface area contributed by atoms with Crippen molar-refractivity contribution >= 4 is 0 Å². The summed E-state index contributed by atoms with van der Waals surface area (Å²) in [7, 11) is 0. The molecule has 0 saturated carbocycles. The summed E-state index contributed by atoms with van der Waals surface area (Å²) in [6.07, 6.45) is -0.656. The number of hydrogen-bond acceptors (Lipinski definition) is 3. The van der Waals surface area contributed by atoms with Crippen LogP contribution in [0.3, 0.4) is 0 Å². The number of rotatable bonds is 1. The Balaban J connectivity index is 2.11. The van der Waals surface area contributed by atoms with Gasteiger partial charge in [0.1, 0.15) is 0 Å². The van der Waals surface area contributed by atoms with E-state index >= 15 is 0 Å². The smallest absolute Gasteiger partial charge is 0.220 e. The molecule has 64 valence electrons. The van der Waals surface area contributed by atoms with Crippen molar-refractivity contribution in [2.45, 2.75) is 19.5 Å². The van der Waals surface area contributed by atoms with Crippen LogP contribution in [0.4, 0.5) is 0 Å². The molecule has 0 spiro atoms. The van der Waals surface area contributed by atoms with Crippen molar-refractivity contribution in [3.05, 3.63) is 35.9 Å². The van der Waals surface area contributed by atoms with Crippen LogP contribution in [0.2, 0.25) is 0 Å². The number of hydrogen-bond donors (Lipinski definition) is 0. The van der Waals surface area contributed by atoms with Gasteiger partial charge in [-0.25, -0.2) is 4.89 Å². The van der Waals surface area contributed by atoms with Gasteiger partial charge in [0.15, 0.2) is 6.29 Å². The average molecular weight is 166 g/mol. The van der Waals surface area contributed by atoms with Gasteiger partial charge < -0.3 is 4.74 Å². The third-order valence-corrected chi connectivity index (χ3v) is 1.67. The lowest BCUT2D eigenvalue weighted by Crippen LogP contribution is -2.01. The summed E-state index contributed by atoms with van der Waals surface area (Å²) in [6.45, 7) is 1.79. The second-order valence-corrected chi connectivity index (χ2v) is 2.64. The monoisotopic (exact) mass is 166 g/mol. The van der Waals surface area contributed by atoms with E-state index in [4.69, 9.17) is 14.5 Å². The maximum Gasteiger partial charge on any atom is 0.220 e. The second-order valence-electron chi connectivity index (χ2n) is 2.64. The van der Waals surface area contributed by atoms with Crippen LogP contribution in [-0.4, -0.2) is 6.29 Å². The van der Waals surface area contributed by atoms with Gasteiger partial charge in [-0.1, -0.05) is 30.3 Å². The first-order chi connectivity index (χ1) is 5.86. The van der Waals surface area contributed by atoms with Gasteiger partial charge in [-0.15, -0.1) is 0 Å². The van der Waals surface area contributed by atoms with Gasteiger partial charge in [0, 0.05) is 5.56 Å². The van der Waals surface area contributed by atoms with E-state index in [1.165, 1.54) is 0 Å². The molecule has 2 atom stereocenters. The Morgan fingerprint density at radius 2 is 1.83 bits per heavy atom. The van der Waals surface area contributed by atoms with Gasteiger partial charge in [0.2, 0.25) is 6.29 Å². The van der Waals surface area contributed by atoms with E-state index in [9.17, 15) is 0 Å². The van der Waals surface area contributed by atoms with E-state index in [1.807, 2.05) is 30.3 Å². The van der Waals surface area contributed by atoms with Crippen LogP contribution in [0.5, 0.6) is 0 Å². The third-order valence-electron chi connectivity index (χ3n) is 1.67. The van der Waals surface area contributed by atoms with Crippen molar-refractivity contribution in [3.63, 3.8) is 0 Å². The number of ether oxygens (including phenoxy) is 1. The van der Waals surface area contributed by atoms with E-state index in [1.54, 1.807) is 6.92 Å². The highest BCUT2D eigenvalue weighted by molar-refractivity contribution is 5.15. The molecule has 0 unspecified atom stereocenters. The summed E-state index contributed by atoms with van der Waals surface area (Å²) in [5.74, 6) is 0. The molecule has 0 aromatic heterocycles. The number of benzene rings is 1. The summed E-state index contributed by atoms with van der Waals surface area (Å²) in [4.78, 5) is 9.73. The average Bonchev–Trinajstić information content (AvgIpc) is 2.54. The molecule has 1 fully saturated rings. The zero-order chi connectivity index (χ0) is 8.39. The van der Waals surface area contributed by atoms with Crippen LogP contribution in [-0.2, 0) is 14.5 Å². The van der Waals surface area contributed by atoms with E-state index in [0.717, 1.165) is 5.56 Å². The Morgan fingerprint density at radius 3 is 2.42 bits per heavy atom. The van der Waals surface area contributed by atoms with Crippen LogP contribution in [0.15, 0.2) is 30.3 Å². The Labute approximate surface area is 70.8 Å². The fraction of sp³-hybridized carbons (Fsp3) is 0.333. The fourth-order valence-electron chi connectivity index (χ4n) is 1.09. The Bertz CT molecular complexity index is 247. The topological polar surface area (TPSA) is 27.7 Å². The largest absolute Gasteiger partial charge is 0.314 e. The molecule has 1 aromatic carbocycles. The zero-order valence-electron chi connectivity index (χ0n) is 6.77. The predicted octanol–water partition coefficient (Wildman–Crippen LogP) is 2.01. The summed E-state index contributed by atoms with van der Waals surface area (Å²) in [5.41, 5.74) is 0.974. The molecule has 0 bridgehead atoms. The minimum atomic E-state index is -0.374. The molecule has 1 aromatic rings. The molecule has 0 aliphatic carbocycles. The van der Waals surface area contributed by atoms with E-state index in [-0.39, 0.29) is 12.6 Å². The van der Waals surface area contributed by atoms with E-state index in [0.29, 0.717) is 0 Å². The molecule has 2 rings (SSSR count). The third kappa shape index (κ3) is 1.48. The molecule has 3 nitrogen and oxygen atoms in total. The molecular formula is C9H10O3. The Morgan fingerprint density at radius 1 is 1.08 bits per heavy atom. The molecular weight excluding hydrogens is 156 g/mol. The molecule has 0 N–H and O–H groups in total. The van der Waals surface area contributed by atoms with Gasteiger partial charge >= 0.3 is 0 Å². The maximum absolute atomic E-state index is 5.30. The lowest BCUT2D eigenvalue weighted by atomic mass is 10.2. The highest BCUT2D eigenvalue weighted by atomic mass is 17.3. The highest BCUT2D eigenvalue weighted by Gasteiger charge is 2.25. The van der Waals surface area contributed by atoms with E-state index < -0.39 is 0 Å². The maximum atomic E-state index is 5.30. The fourth-order valence-corrected chi connectivity index (χ4v) is 1.09. The predicted molar refractivity (Wildman–Crippen MR) is 41.9 cm³/mol.